The lowest BCUT2D eigenvalue weighted by atomic mass is 10.1. The summed E-state index contributed by atoms with van der Waals surface area (Å²) in [5, 5.41) is 13.4. The molecule has 3 rings (SSSR count). The van der Waals surface area contributed by atoms with Crippen molar-refractivity contribution in [2.45, 2.75) is 57.1 Å². The van der Waals surface area contributed by atoms with Gasteiger partial charge in [-0.3, -0.25) is 9.88 Å². The SMILES string of the molecule is CCS(=O)(=O)c1c(N(Cc2ncc(C(F)(F)F)cc2C(=O)O)C(=O)OC(C)(C)C)nn2cc(C(F)(F)F)ccc12. The van der Waals surface area contributed by atoms with E-state index in [1.807, 2.05) is 0 Å². The molecule has 0 aliphatic carbocycles. The molecule has 17 heteroatoms. The van der Waals surface area contributed by atoms with Crippen molar-refractivity contribution >= 4 is 33.2 Å². The third-order valence-electron chi connectivity index (χ3n) is 5.29. The third-order valence-corrected chi connectivity index (χ3v) is 7.06. The topological polar surface area (TPSA) is 131 Å². The maximum absolute atomic E-state index is 13.3. The van der Waals surface area contributed by atoms with Gasteiger partial charge in [-0.05, 0) is 39.0 Å². The van der Waals surface area contributed by atoms with Crippen molar-refractivity contribution in [2.24, 2.45) is 0 Å². The number of carboxylic acid groups (broad SMARTS) is 1. The predicted octanol–water partition coefficient (Wildman–Crippen LogP) is 5.20. The van der Waals surface area contributed by atoms with Gasteiger partial charge in [0.25, 0.3) is 0 Å². The van der Waals surface area contributed by atoms with Crippen LogP contribution in [0.2, 0.25) is 0 Å². The molecule has 0 aliphatic heterocycles. The second kappa shape index (κ2) is 10.3. The number of aromatic nitrogens is 3. The highest BCUT2D eigenvalue weighted by Crippen LogP contribution is 2.36. The maximum Gasteiger partial charge on any atom is 0.417 e. The van der Waals surface area contributed by atoms with Gasteiger partial charge >= 0.3 is 24.4 Å². The average molecular weight is 597 g/mol. The molecule has 0 atom stereocenters. The summed E-state index contributed by atoms with van der Waals surface area (Å²) in [6.07, 6.45) is -10.3. The van der Waals surface area contributed by atoms with E-state index in [0.717, 1.165) is 6.07 Å². The van der Waals surface area contributed by atoms with Crippen molar-refractivity contribution in [1.29, 1.82) is 0 Å². The highest BCUT2D eigenvalue weighted by Gasteiger charge is 2.37. The first-order chi connectivity index (χ1) is 18.2. The average Bonchev–Trinajstić information content (AvgIpc) is 3.19. The van der Waals surface area contributed by atoms with Crippen LogP contribution in [0.25, 0.3) is 5.52 Å². The molecule has 0 aliphatic rings. The summed E-state index contributed by atoms with van der Waals surface area (Å²) in [4.78, 5) is 28.4. The van der Waals surface area contributed by atoms with Gasteiger partial charge in [-0.1, -0.05) is 6.92 Å². The van der Waals surface area contributed by atoms with Gasteiger partial charge in [-0.15, -0.1) is 5.10 Å². The lowest BCUT2D eigenvalue weighted by Gasteiger charge is -2.27. The van der Waals surface area contributed by atoms with Gasteiger partial charge in [0.05, 0.1) is 40.2 Å². The molecule has 3 aromatic rings. The van der Waals surface area contributed by atoms with Crippen molar-refractivity contribution in [2.75, 3.05) is 10.7 Å². The molecule has 0 radical (unpaired) electrons. The van der Waals surface area contributed by atoms with E-state index < -0.39 is 85.2 Å². The number of carboxylic acids is 1. The molecule has 0 aromatic carbocycles. The normalized spacial score (nSPS) is 12.9. The summed E-state index contributed by atoms with van der Waals surface area (Å²) < 4.78 is 112. The Kier molecular flexibility index (Phi) is 7.86. The number of aromatic carboxylic acids is 1. The van der Waals surface area contributed by atoms with Gasteiger partial charge in [0.15, 0.2) is 15.7 Å². The Balaban J connectivity index is 2.33. The van der Waals surface area contributed by atoms with Crippen LogP contribution in [0.15, 0.2) is 35.5 Å². The lowest BCUT2D eigenvalue weighted by Crippen LogP contribution is -2.38. The number of hydrogen-bond donors (Lipinski definition) is 1. The standard InChI is InChI=1S/C23H22F6N4O6S/c1-5-40(37,38)17-16-7-6-12(22(24,25)26)10-33(16)31-18(17)32(20(36)39-21(2,3)4)11-15-14(19(34)35)8-13(9-30-15)23(27,28)29/h6-10H,5,11H2,1-4H3,(H,34,35). The number of halogens is 6. The molecular formula is C23H22F6N4O6S. The fourth-order valence-corrected chi connectivity index (χ4v) is 4.65. The van der Waals surface area contributed by atoms with Crippen molar-refractivity contribution in [3.63, 3.8) is 0 Å². The van der Waals surface area contributed by atoms with Crippen LogP contribution in [0.5, 0.6) is 0 Å². The largest absolute Gasteiger partial charge is 0.478 e. The minimum atomic E-state index is -4.96. The molecule has 1 amide bonds. The molecule has 218 valence electrons. The van der Waals surface area contributed by atoms with Gasteiger partial charge in [-0.2, -0.15) is 26.3 Å². The first kappa shape index (κ1) is 30.6. The van der Waals surface area contributed by atoms with Crippen molar-refractivity contribution < 1.29 is 54.2 Å². The molecule has 0 spiro atoms. The van der Waals surface area contributed by atoms with E-state index in [1.165, 1.54) is 27.7 Å². The molecule has 1 N–H and O–H groups in total. The Labute approximate surface area is 223 Å². The molecular weight excluding hydrogens is 574 g/mol. The van der Waals surface area contributed by atoms with Crippen LogP contribution in [0.4, 0.5) is 37.0 Å². The Morgan fingerprint density at radius 1 is 1.05 bits per heavy atom. The number of rotatable bonds is 6. The van der Waals surface area contributed by atoms with Crippen LogP contribution in [0, 0.1) is 0 Å². The number of sulfone groups is 1. The van der Waals surface area contributed by atoms with Crippen molar-refractivity contribution in [3.8, 4) is 0 Å². The van der Waals surface area contributed by atoms with Gasteiger partial charge in [0.2, 0.25) is 0 Å². The van der Waals surface area contributed by atoms with Gasteiger partial charge in [0, 0.05) is 12.4 Å². The number of hydrogen-bond acceptors (Lipinski definition) is 7. The lowest BCUT2D eigenvalue weighted by molar-refractivity contribution is -0.138. The summed E-state index contributed by atoms with van der Waals surface area (Å²) in [6.45, 7) is 4.57. The zero-order valence-corrected chi connectivity index (χ0v) is 22.1. The molecule has 3 heterocycles. The third kappa shape index (κ3) is 6.46. The van der Waals surface area contributed by atoms with Crippen LogP contribution in [-0.4, -0.2) is 51.5 Å². The van der Waals surface area contributed by atoms with Crippen LogP contribution in [-0.2, 0) is 33.5 Å². The Morgan fingerprint density at radius 2 is 1.65 bits per heavy atom. The van der Waals surface area contributed by atoms with Gasteiger partial charge in [-0.25, -0.2) is 22.5 Å². The van der Waals surface area contributed by atoms with E-state index in [2.05, 4.69) is 10.1 Å². The molecule has 0 unspecified atom stereocenters. The van der Waals surface area contributed by atoms with Gasteiger partial charge < -0.3 is 9.84 Å². The predicted molar refractivity (Wildman–Crippen MR) is 127 cm³/mol. The number of pyridine rings is 2. The van der Waals surface area contributed by atoms with Crippen LogP contribution < -0.4 is 4.90 Å². The van der Waals surface area contributed by atoms with Crippen LogP contribution in [0.3, 0.4) is 0 Å². The monoisotopic (exact) mass is 596 g/mol. The molecule has 0 saturated heterocycles. The fraction of sp³-hybridized carbons (Fsp3) is 0.391. The summed E-state index contributed by atoms with van der Waals surface area (Å²) in [5.41, 5.74) is -5.75. The van der Waals surface area contributed by atoms with Gasteiger partial charge in [0.1, 0.15) is 10.5 Å². The zero-order chi connectivity index (χ0) is 30.4. The molecule has 0 bridgehead atoms. The fourth-order valence-electron chi connectivity index (χ4n) is 3.45. The van der Waals surface area contributed by atoms with E-state index in [1.54, 1.807) is 0 Å². The smallest absolute Gasteiger partial charge is 0.417 e. The summed E-state index contributed by atoms with van der Waals surface area (Å²) in [5.74, 6) is -3.17. The quantitative estimate of drug-likeness (QED) is 0.384. The van der Waals surface area contributed by atoms with Crippen molar-refractivity contribution in [1.82, 2.24) is 14.6 Å². The number of carbonyl (C=O) groups is 2. The zero-order valence-electron chi connectivity index (χ0n) is 21.3. The summed E-state index contributed by atoms with van der Waals surface area (Å²) in [6, 6.07) is 1.71. The number of nitrogens with zero attached hydrogens (tertiary/aromatic N) is 4. The van der Waals surface area contributed by atoms with E-state index in [4.69, 9.17) is 4.74 Å². The number of carbonyl (C=O) groups excluding carboxylic acids is 1. The first-order valence-corrected chi connectivity index (χ1v) is 12.9. The molecule has 3 aromatic heterocycles. The highest BCUT2D eigenvalue weighted by molar-refractivity contribution is 7.91. The van der Waals surface area contributed by atoms with Crippen molar-refractivity contribution in [3.05, 3.63) is 53.0 Å². The first-order valence-electron chi connectivity index (χ1n) is 11.3. The minimum absolute atomic E-state index is 0.279. The van der Waals surface area contributed by atoms with E-state index in [-0.39, 0.29) is 11.6 Å². The number of amides is 1. The molecule has 40 heavy (non-hydrogen) atoms. The Morgan fingerprint density at radius 3 is 2.15 bits per heavy atom. The maximum atomic E-state index is 13.3. The summed E-state index contributed by atoms with van der Waals surface area (Å²) >= 11 is 0. The highest BCUT2D eigenvalue weighted by atomic mass is 32.2. The number of ether oxygens (including phenoxy) is 1. The summed E-state index contributed by atoms with van der Waals surface area (Å²) in [7, 11) is -4.33. The number of fused-ring (bicyclic) bond motifs is 1. The van der Waals surface area contributed by atoms with E-state index in [9.17, 15) is 49.5 Å². The number of anilines is 1. The van der Waals surface area contributed by atoms with E-state index in [0.29, 0.717) is 27.9 Å². The van der Waals surface area contributed by atoms with Crippen LogP contribution >= 0.6 is 0 Å². The molecule has 0 fully saturated rings. The minimum Gasteiger partial charge on any atom is -0.478 e. The second-order valence-electron chi connectivity index (χ2n) is 9.39. The Hall–Kier alpha value is -3.89. The molecule has 10 nitrogen and oxygen atoms in total. The van der Waals surface area contributed by atoms with E-state index >= 15 is 0 Å². The Bertz CT molecular complexity index is 1580. The second-order valence-corrected chi connectivity index (χ2v) is 11.6. The molecule has 0 saturated carbocycles. The van der Waals surface area contributed by atoms with Crippen LogP contribution in [0.1, 0.15) is 54.9 Å². The number of alkyl halides is 6.